The van der Waals surface area contributed by atoms with Gasteiger partial charge in [0.05, 0.1) is 19.4 Å². The highest BCUT2D eigenvalue weighted by molar-refractivity contribution is 5.79. The van der Waals surface area contributed by atoms with Crippen molar-refractivity contribution in [1.29, 1.82) is 0 Å². The SMILES string of the molecule is CCCCCCCCCC(=O)OC(C)c1ccc(OCCCN2CCC(c3noc4cc(F)ccc34)CC2)c(OC)c1. The number of carbonyl (C=O) groups is 1. The van der Waals surface area contributed by atoms with Crippen molar-refractivity contribution in [3.8, 4) is 11.5 Å². The molecule has 0 saturated carbocycles. The molecule has 0 bridgehead atoms. The third kappa shape index (κ3) is 9.18. The Hall–Kier alpha value is -3.13. The highest BCUT2D eigenvalue weighted by Gasteiger charge is 2.25. The number of unbranched alkanes of at least 4 members (excludes halogenated alkanes) is 6. The maximum absolute atomic E-state index is 13.5. The Morgan fingerprint density at radius 2 is 1.79 bits per heavy atom. The van der Waals surface area contributed by atoms with E-state index in [2.05, 4.69) is 17.0 Å². The third-order valence-electron chi connectivity index (χ3n) is 8.26. The Labute approximate surface area is 249 Å². The molecule has 3 aromatic rings. The minimum absolute atomic E-state index is 0.149. The van der Waals surface area contributed by atoms with Gasteiger partial charge in [0.15, 0.2) is 17.1 Å². The van der Waals surface area contributed by atoms with E-state index in [4.69, 9.17) is 18.7 Å². The molecule has 1 aromatic heterocycles. The van der Waals surface area contributed by atoms with Crippen LogP contribution in [0.2, 0.25) is 0 Å². The zero-order chi connectivity index (χ0) is 29.7. The van der Waals surface area contributed by atoms with Crippen LogP contribution in [0.5, 0.6) is 11.5 Å². The normalized spacial score (nSPS) is 15.1. The van der Waals surface area contributed by atoms with Crippen LogP contribution in [-0.4, -0.2) is 49.4 Å². The minimum atomic E-state index is -0.343. The molecule has 2 aromatic carbocycles. The summed E-state index contributed by atoms with van der Waals surface area (Å²) in [5.41, 5.74) is 2.35. The van der Waals surface area contributed by atoms with Gasteiger partial charge >= 0.3 is 5.97 Å². The number of fused-ring (bicyclic) bond motifs is 1. The first-order chi connectivity index (χ1) is 20.5. The van der Waals surface area contributed by atoms with Crippen LogP contribution in [0.15, 0.2) is 40.9 Å². The van der Waals surface area contributed by atoms with E-state index in [1.807, 2.05) is 25.1 Å². The van der Waals surface area contributed by atoms with Crippen molar-refractivity contribution in [2.45, 2.75) is 96.5 Å². The smallest absolute Gasteiger partial charge is 0.306 e. The van der Waals surface area contributed by atoms with Gasteiger partial charge in [0, 0.05) is 30.3 Å². The van der Waals surface area contributed by atoms with Gasteiger partial charge in [-0.25, -0.2) is 4.39 Å². The molecule has 8 heteroatoms. The number of likely N-dealkylation sites (tertiary alicyclic amines) is 1. The van der Waals surface area contributed by atoms with Crippen LogP contribution >= 0.6 is 0 Å². The molecule has 0 radical (unpaired) electrons. The number of esters is 1. The van der Waals surface area contributed by atoms with E-state index < -0.39 is 0 Å². The number of ether oxygens (including phenoxy) is 3. The number of hydrogen-bond acceptors (Lipinski definition) is 7. The van der Waals surface area contributed by atoms with E-state index >= 15 is 0 Å². The molecule has 2 heterocycles. The molecule has 0 amide bonds. The number of nitrogens with zero attached hydrogens (tertiary/aromatic N) is 2. The number of benzene rings is 2. The molecule has 1 aliphatic rings. The van der Waals surface area contributed by atoms with Crippen molar-refractivity contribution in [2.24, 2.45) is 0 Å². The predicted molar refractivity (Wildman–Crippen MR) is 163 cm³/mol. The molecule has 0 N–H and O–H groups in total. The van der Waals surface area contributed by atoms with Crippen LogP contribution in [0.25, 0.3) is 11.0 Å². The monoisotopic (exact) mass is 582 g/mol. The van der Waals surface area contributed by atoms with Crippen molar-refractivity contribution < 1.29 is 27.9 Å². The summed E-state index contributed by atoms with van der Waals surface area (Å²) in [7, 11) is 1.63. The van der Waals surface area contributed by atoms with Gasteiger partial charge in [-0.2, -0.15) is 0 Å². The summed E-state index contributed by atoms with van der Waals surface area (Å²) in [4.78, 5) is 14.8. The highest BCUT2D eigenvalue weighted by atomic mass is 19.1. The molecular weight excluding hydrogens is 535 g/mol. The zero-order valence-electron chi connectivity index (χ0n) is 25.5. The van der Waals surface area contributed by atoms with Crippen molar-refractivity contribution in [3.05, 3.63) is 53.5 Å². The van der Waals surface area contributed by atoms with Gasteiger partial charge in [-0.15, -0.1) is 0 Å². The fraction of sp³-hybridized carbons (Fsp3) is 0.588. The Balaban J connectivity index is 1.14. The molecule has 1 saturated heterocycles. The molecule has 1 aliphatic heterocycles. The average molecular weight is 583 g/mol. The molecule has 0 spiro atoms. The summed E-state index contributed by atoms with van der Waals surface area (Å²) in [6.07, 6.45) is 11.2. The lowest BCUT2D eigenvalue weighted by Crippen LogP contribution is -2.34. The Kier molecular flexibility index (Phi) is 12.5. The van der Waals surface area contributed by atoms with Crippen LogP contribution in [0.3, 0.4) is 0 Å². The van der Waals surface area contributed by atoms with Crippen molar-refractivity contribution in [1.82, 2.24) is 10.1 Å². The summed E-state index contributed by atoms with van der Waals surface area (Å²) < 4.78 is 36.2. The molecule has 0 aliphatic carbocycles. The van der Waals surface area contributed by atoms with Crippen LogP contribution in [-0.2, 0) is 9.53 Å². The lowest BCUT2D eigenvalue weighted by molar-refractivity contribution is -0.148. The van der Waals surface area contributed by atoms with E-state index in [1.54, 1.807) is 13.2 Å². The highest BCUT2D eigenvalue weighted by Crippen LogP contribution is 2.34. The molecule has 1 atom stereocenters. The summed E-state index contributed by atoms with van der Waals surface area (Å²) >= 11 is 0. The number of halogens is 1. The maximum atomic E-state index is 13.5. The van der Waals surface area contributed by atoms with Gasteiger partial charge < -0.3 is 23.6 Å². The van der Waals surface area contributed by atoms with E-state index in [-0.39, 0.29) is 17.9 Å². The predicted octanol–water partition coefficient (Wildman–Crippen LogP) is 8.37. The number of methoxy groups -OCH3 is 1. The van der Waals surface area contributed by atoms with E-state index in [1.165, 1.54) is 44.2 Å². The fourth-order valence-electron chi connectivity index (χ4n) is 5.73. The number of carbonyl (C=O) groups excluding carboxylic acids is 1. The lowest BCUT2D eigenvalue weighted by Gasteiger charge is -2.31. The van der Waals surface area contributed by atoms with Gasteiger partial charge in [-0.3, -0.25) is 4.79 Å². The summed E-state index contributed by atoms with van der Waals surface area (Å²) in [6, 6.07) is 10.4. The first kappa shape index (κ1) is 31.8. The van der Waals surface area contributed by atoms with Gasteiger partial charge in [-0.05, 0) is 75.5 Å². The Morgan fingerprint density at radius 3 is 2.55 bits per heavy atom. The standard InChI is InChI=1S/C34H47FN2O5/c1-4-5-6-7-8-9-10-12-33(38)41-25(2)27-13-16-30(32(23-27)39-3)40-22-11-19-37-20-17-26(18-21-37)34-29-15-14-28(35)24-31(29)42-36-34/h13-16,23-26H,4-12,17-22H2,1-3H3. The molecule has 4 rings (SSSR count). The third-order valence-corrected chi connectivity index (χ3v) is 8.26. The topological polar surface area (TPSA) is 74.0 Å². The zero-order valence-corrected chi connectivity index (χ0v) is 25.5. The quantitative estimate of drug-likeness (QED) is 0.117. The lowest BCUT2D eigenvalue weighted by atomic mass is 9.91. The Morgan fingerprint density at radius 1 is 1.02 bits per heavy atom. The molecule has 230 valence electrons. The second kappa shape index (κ2) is 16.5. The van der Waals surface area contributed by atoms with Crippen molar-refractivity contribution >= 4 is 16.9 Å². The number of hydrogen-bond donors (Lipinski definition) is 0. The number of aromatic nitrogens is 1. The number of rotatable bonds is 17. The van der Waals surface area contributed by atoms with Gasteiger partial charge in [0.25, 0.3) is 0 Å². The second-order valence-electron chi connectivity index (χ2n) is 11.4. The summed E-state index contributed by atoms with van der Waals surface area (Å²) in [5, 5.41) is 5.17. The molecule has 42 heavy (non-hydrogen) atoms. The van der Waals surface area contributed by atoms with Crippen LogP contribution < -0.4 is 9.47 Å². The molecule has 7 nitrogen and oxygen atoms in total. The maximum Gasteiger partial charge on any atom is 0.306 e. The van der Waals surface area contributed by atoms with E-state index in [0.717, 1.165) is 68.4 Å². The van der Waals surface area contributed by atoms with Gasteiger partial charge in [0.1, 0.15) is 11.9 Å². The molecule has 1 fully saturated rings. The largest absolute Gasteiger partial charge is 0.493 e. The van der Waals surface area contributed by atoms with Gasteiger partial charge in [-0.1, -0.05) is 56.7 Å². The van der Waals surface area contributed by atoms with E-state index in [0.29, 0.717) is 36.0 Å². The first-order valence-corrected chi connectivity index (χ1v) is 15.8. The average Bonchev–Trinajstić information content (AvgIpc) is 3.42. The van der Waals surface area contributed by atoms with Crippen molar-refractivity contribution in [3.63, 3.8) is 0 Å². The number of piperidine rings is 1. The molecular formula is C34H47FN2O5. The van der Waals surface area contributed by atoms with Crippen LogP contribution in [0.1, 0.15) is 108 Å². The van der Waals surface area contributed by atoms with Crippen LogP contribution in [0.4, 0.5) is 4.39 Å². The minimum Gasteiger partial charge on any atom is -0.493 e. The summed E-state index contributed by atoms with van der Waals surface area (Å²) in [5.74, 6) is 1.21. The second-order valence-corrected chi connectivity index (χ2v) is 11.4. The van der Waals surface area contributed by atoms with Gasteiger partial charge in [0.2, 0.25) is 0 Å². The summed E-state index contributed by atoms with van der Waals surface area (Å²) in [6.45, 7) is 7.60. The Bertz CT molecular complexity index is 1250. The van der Waals surface area contributed by atoms with E-state index in [9.17, 15) is 9.18 Å². The first-order valence-electron chi connectivity index (χ1n) is 15.8. The van der Waals surface area contributed by atoms with Crippen molar-refractivity contribution in [2.75, 3.05) is 33.4 Å². The fourth-order valence-corrected chi connectivity index (χ4v) is 5.73. The van der Waals surface area contributed by atoms with Crippen LogP contribution in [0, 0.1) is 5.82 Å². The molecule has 1 unspecified atom stereocenters.